The van der Waals surface area contributed by atoms with E-state index in [4.69, 9.17) is 11.5 Å². The first-order valence-electron chi connectivity index (χ1n) is 14.2. The maximum Gasteiger partial charge on any atom is 0.243 e. The van der Waals surface area contributed by atoms with Crippen molar-refractivity contribution in [3.63, 3.8) is 0 Å². The second kappa shape index (κ2) is 12.4. The molecule has 1 saturated carbocycles. The molecule has 3 fully saturated rings. The third kappa shape index (κ3) is 6.24. The van der Waals surface area contributed by atoms with Crippen LogP contribution < -0.4 is 22.1 Å². The fraction of sp³-hybridized carbons (Fsp3) is 0.607. The maximum atomic E-state index is 13.8. The molecule has 2 saturated heterocycles. The molecule has 3 aliphatic rings. The summed E-state index contributed by atoms with van der Waals surface area (Å²) in [5, 5.41) is 6.82. The van der Waals surface area contributed by atoms with Crippen LogP contribution in [0.4, 0.5) is 0 Å². The Morgan fingerprint density at radius 3 is 2.77 bits per heavy atom. The van der Waals surface area contributed by atoms with E-state index >= 15 is 0 Å². The van der Waals surface area contributed by atoms with Crippen LogP contribution in [0.3, 0.4) is 0 Å². The number of carbonyl (C=O) groups excluding carboxylic acids is 3. The van der Waals surface area contributed by atoms with Gasteiger partial charge in [0.05, 0.1) is 22.3 Å². The fourth-order valence-electron chi connectivity index (χ4n) is 6.53. The highest BCUT2D eigenvalue weighted by molar-refractivity contribution is 7.20. The number of hydrogen-bond acceptors (Lipinski definition) is 7. The van der Waals surface area contributed by atoms with Crippen LogP contribution in [0.1, 0.15) is 67.6 Å². The van der Waals surface area contributed by atoms with Gasteiger partial charge in [-0.3, -0.25) is 19.4 Å². The Bertz CT molecular complexity index is 1190. The Hall–Kier alpha value is -3.05. The molecule has 1 aliphatic carbocycles. The van der Waals surface area contributed by atoms with Gasteiger partial charge in [-0.25, -0.2) is 4.98 Å². The molecule has 3 heterocycles. The Kier molecular flexibility index (Phi) is 8.76. The molecule has 5 atom stereocenters. The number of para-hydroxylation sites is 1. The molecule has 210 valence electrons. The Labute approximate surface area is 233 Å². The van der Waals surface area contributed by atoms with Gasteiger partial charge in [0.25, 0.3) is 0 Å². The number of nitrogens with one attached hydrogen (secondary N) is 2. The summed E-state index contributed by atoms with van der Waals surface area (Å²) < 4.78 is 0.917. The minimum atomic E-state index is -0.777. The highest BCUT2D eigenvalue weighted by Crippen LogP contribution is 2.38. The molecule has 2 aliphatic heterocycles. The minimum absolute atomic E-state index is 0.00952. The first kappa shape index (κ1) is 27.5. The number of nitrogens with zero attached hydrogens (tertiary/aromatic N) is 3. The maximum absolute atomic E-state index is 13.8. The SMILES string of the molecule is NC(N)=NCCCC(NC(=O)[C@@H]1CCCN1C(=O)[C@@H]1NCC[C@H]2CCCC[C@H]21)C(=O)c1nc2ccccc2s1. The minimum Gasteiger partial charge on any atom is -0.370 e. The van der Waals surface area contributed by atoms with Gasteiger partial charge in [0, 0.05) is 13.1 Å². The van der Waals surface area contributed by atoms with Gasteiger partial charge in [-0.1, -0.05) is 31.4 Å². The number of nitrogens with two attached hydrogens (primary N) is 2. The van der Waals surface area contributed by atoms with E-state index in [2.05, 4.69) is 20.6 Å². The molecule has 1 aromatic carbocycles. The van der Waals surface area contributed by atoms with E-state index in [9.17, 15) is 14.4 Å². The first-order chi connectivity index (χ1) is 18.9. The van der Waals surface area contributed by atoms with Crippen molar-refractivity contribution in [2.45, 2.75) is 75.9 Å². The number of guanidine groups is 1. The Morgan fingerprint density at radius 1 is 1.13 bits per heavy atom. The van der Waals surface area contributed by atoms with Crippen molar-refractivity contribution in [2.75, 3.05) is 19.6 Å². The summed E-state index contributed by atoms with van der Waals surface area (Å²) in [5.41, 5.74) is 11.7. The van der Waals surface area contributed by atoms with E-state index in [1.807, 2.05) is 24.3 Å². The molecule has 2 amide bonds. The van der Waals surface area contributed by atoms with Gasteiger partial charge < -0.3 is 27.0 Å². The fourth-order valence-corrected chi connectivity index (χ4v) is 7.49. The van der Waals surface area contributed by atoms with Gasteiger partial charge in [0.1, 0.15) is 6.04 Å². The molecule has 10 nitrogen and oxygen atoms in total. The monoisotopic (exact) mass is 553 g/mol. The topological polar surface area (TPSA) is 156 Å². The van der Waals surface area contributed by atoms with Crippen molar-refractivity contribution >= 4 is 45.1 Å². The summed E-state index contributed by atoms with van der Waals surface area (Å²) in [6.07, 6.45) is 8.01. The smallest absolute Gasteiger partial charge is 0.243 e. The largest absolute Gasteiger partial charge is 0.370 e. The number of thiazole rings is 1. The summed E-state index contributed by atoms with van der Waals surface area (Å²) in [6.45, 7) is 1.76. The average Bonchev–Trinajstić information content (AvgIpc) is 3.61. The van der Waals surface area contributed by atoms with E-state index < -0.39 is 12.1 Å². The quantitative estimate of drug-likeness (QED) is 0.160. The molecule has 0 radical (unpaired) electrons. The number of aliphatic imine (C=N–C) groups is 1. The summed E-state index contributed by atoms with van der Waals surface area (Å²) in [7, 11) is 0. The number of benzene rings is 1. The van der Waals surface area contributed by atoms with Gasteiger partial charge in [-0.2, -0.15) is 0 Å². The van der Waals surface area contributed by atoms with Crippen LogP contribution in [0.15, 0.2) is 29.3 Å². The lowest BCUT2D eigenvalue weighted by Crippen LogP contribution is -2.59. The lowest BCUT2D eigenvalue weighted by Gasteiger charge is -2.43. The molecule has 39 heavy (non-hydrogen) atoms. The zero-order valence-corrected chi connectivity index (χ0v) is 23.1. The van der Waals surface area contributed by atoms with Crippen LogP contribution >= 0.6 is 11.3 Å². The van der Waals surface area contributed by atoms with E-state index in [0.29, 0.717) is 49.2 Å². The molecule has 0 spiro atoms. The van der Waals surface area contributed by atoms with Crippen molar-refractivity contribution in [1.82, 2.24) is 20.5 Å². The van der Waals surface area contributed by atoms with Gasteiger partial charge in [0.2, 0.25) is 17.6 Å². The first-order valence-corrected chi connectivity index (χ1v) is 15.0. The number of carbonyl (C=O) groups is 3. The molecule has 5 rings (SSSR count). The van der Waals surface area contributed by atoms with Crippen molar-refractivity contribution in [2.24, 2.45) is 28.3 Å². The van der Waals surface area contributed by atoms with Crippen LogP contribution in [-0.4, -0.2) is 71.2 Å². The Morgan fingerprint density at radius 2 is 1.95 bits per heavy atom. The van der Waals surface area contributed by atoms with Crippen LogP contribution in [-0.2, 0) is 9.59 Å². The summed E-state index contributed by atoms with van der Waals surface area (Å²) in [6, 6.07) is 6.00. The van der Waals surface area contributed by atoms with Crippen molar-refractivity contribution in [1.29, 1.82) is 0 Å². The predicted molar refractivity (Wildman–Crippen MR) is 152 cm³/mol. The van der Waals surface area contributed by atoms with E-state index in [1.165, 1.54) is 24.2 Å². The predicted octanol–water partition coefficient (Wildman–Crippen LogP) is 2.18. The number of fused-ring (bicyclic) bond motifs is 2. The number of aromatic nitrogens is 1. The van der Waals surface area contributed by atoms with Crippen molar-refractivity contribution in [3.05, 3.63) is 29.3 Å². The van der Waals surface area contributed by atoms with Gasteiger partial charge in [0.15, 0.2) is 11.0 Å². The zero-order valence-electron chi connectivity index (χ0n) is 22.3. The third-order valence-electron chi connectivity index (χ3n) is 8.46. The highest BCUT2D eigenvalue weighted by atomic mass is 32.1. The molecule has 6 N–H and O–H groups in total. The van der Waals surface area contributed by atoms with Crippen molar-refractivity contribution < 1.29 is 14.4 Å². The number of ketones is 1. The molecule has 2 aromatic rings. The number of amides is 2. The van der Waals surface area contributed by atoms with Gasteiger partial charge in [-0.05, 0) is 69.0 Å². The number of hydrogen-bond donors (Lipinski definition) is 4. The lowest BCUT2D eigenvalue weighted by molar-refractivity contribution is -0.142. The zero-order chi connectivity index (χ0) is 27.4. The normalized spacial score (nSPS) is 25.6. The number of rotatable bonds is 9. The van der Waals surface area contributed by atoms with Crippen molar-refractivity contribution in [3.8, 4) is 0 Å². The van der Waals surface area contributed by atoms with Crippen LogP contribution in [0.2, 0.25) is 0 Å². The molecule has 1 aromatic heterocycles. The molecule has 11 heteroatoms. The number of likely N-dealkylation sites (tertiary alicyclic amines) is 1. The van der Waals surface area contributed by atoms with Crippen LogP contribution in [0, 0.1) is 11.8 Å². The molecule has 0 bridgehead atoms. The van der Waals surface area contributed by atoms with Crippen LogP contribution in [0.25, 0.3) is 10.2 Å². The average molecular weight is 554 g/mol. The summed E-state index contributed by atoms with van der Waals surface area (Å²) in [4.78, 5) is 51.2. The second-order valence-corrected chi connectivity index (χ2v) is 12.0. The standard InChI is InChI=1S/C28H39N7O3S/c29-28(30)32-14-5-10-20(24(36)26-34-19-9-3-4-12-22(19)39-26)33-25(37)21-11-6-16-35(21)27(38)23-18-8-2-1-7-17(18)13-15-31-23/h3-4,9,12,17-18,20-21,23,31H,1-2,5-8,10-11,13-16H2,(H,33,37)(H4,29,30,32)/t17-,18-,20?,21+,23-/m1/s1. The van der Waals surface area contributed by atoms with Crippen LogP contribution in [0.5, 0.6) is 0 Å². The van der Waals surface area contributed by atoms with E-state index in [1.54, 1.807) is 4.90 Å². The van der Waals surface area contributed by atoms with Gasteiger partial charge >= 0.3 is 0 Å². The summed E-state index contributed by atoms with van der Waals surface area (Å²) in [5.74, 6) is 0.441. The van der Waals surface area contributed by atoms with Gasteiger partial charge in [-0.15, -0.1) is 11.3 Å². The highest BCUT2D eigenvalue weighted by Gasteiger charge is 2.44. The number of piperidine rings is 1. The summed E-state index contributed by atoms with van der Waals surface area (Å²) >= 11 is 1.32. The third-order valence-corrected chi connectivity index (χ3v) is 9.51. The molecule has 1 unspecified atom stereocenters. The molecular formula is C28H39N7O3S. The van der Waals surface area contributed by atoms with E-state index in [0.717, 1.165) is 42.4 Å². The molecular weight excluding hydrogens is 514 g/mol. The number of Topliss-reactive ketones (excluding diaryl/α,β-unsaturated/α-hetero) is 1. The lowest BCUT2D eigenvalue weighted by atomic mass is 9.71. The van der Waals surface area contributed by atoms with E-state index in [-0.39, 0.29) is 29.6 Å². The second-order valence-electron chi connectivity index (χ2n) is 11.0. The Balaban J connectivity index is 1.30.